The summed E-state index contributed by atoms with van der Waals surface area (Å²) < 4.78 is 0. The zero-order chi connectivity index (χ0) is 14.3. The lowest BCUT2D eigenvalue weighted by molar-refractivity contribution is -0.138. The predicted molar refractivity (Wildman–Crippen MR) is 74.4 cm³/mol. The molecule has 1 aromatic rings. The lowest BCUT2D eigenvalue weighted by Gasteiger charge is -2.17. The van der Waals surface area contributed by atoms with Crippen LogP contribution in [0.1, 0.15) is 0 Å². The summed E-state index contributed by atoms with van der Waals surface area (Å²) in [5, 5.41) is 11.9. The number of hydrogen-bond donors (Lipinski definition) is 2. The molecule has 0 unspecified atom stereocenters. The van der Waals surface area contributed by atoms with Crippen LogP contribution in [0.5, 0.6) is 0 Å². The van der Waals surface area contributed by atoms with Gasteiger partial charge >= 0.3 is 5.97 Å². The van der Waals surface area contributed by atoms with E-state index in [-0.39, 0.29) is 19.0 Å². The third kappa shape index (κ3) is 6.03. The molecule has 0 saturated carbocycles. The number of nitrogens with one attached hydrogen (secondary N) is 1. The molecule has 5 nitrogen and oxygen atoms in total. The number of aliphatic carboxylic acids is 1. The fourth-order valence-corrected chi connectivity index (χ4v) is 1.72. The third-order valence-corrected chi connectivity index (χ3v) is 2.46. The fraction of sp³-hybridized carbons (Fsp3) is 0.231. The van der Waals surface area contributed by atoms with Gasteiger partial charge in [0.25, 0.3) is 0 Å². The van der Waals surface area contributed by atoms with Crippen LogP contribution in [0.3, 0.4) is 0 Å². The Hall–Kier alpha value is -1.85. The standard InChI is InChI=1S/C13H15ClN2O3/c1-2-6-16(9-13(18)19)8-12(17)15-11-5-3-4-10(14)7-11/h2-5,7H,1,6,8-9H2,(H,15,17)(H,18,19). The molecule has 102 valence electrons. The number of carboxylic acids is 1. The molecule has 0 radical (unpaired) electrons. The first-order valence-electron chi connectivity index (χ1n) is 5.61. The minimum atomic E-state index is -0.989. The number of carboxylic acid groups (broad SMARTS) is 1. The van der Waals surface area contributed by atoms with Crippen LogP contribution in [0, 0.1) is 0 Å². The molecule has 0 saturated heterocycles. The minimum Gasteiger partial charge on any atom is -0.480 e. The van der Waals surface area contributed by atoms with E-state index in [4.69, 9.17) is 16.7 Å². The molecule has 1 aromatic carbocycles. The van der Waals surface area contributed by atoms with Gasteiger partial charge in [-0.2, -0.15) is 0 Å². The van der Waals surface area contributed by atoms with Crippen molar-refractivity contribution in [3.05, 3.63) is 41.9 Å². The fourth-order valence-electron chi connectivity index (χ4n) is 1.53. The van der Waals surface area contributed by atoms with Crippen molar-refractivity contribution >= 4 is 29.2 Å². The highest BCUT2D eigenvalue weighted by Crippen LogP contribution is 2.14. The van der Waals surface area contributed by atoms with Gasteiger partial charge in [-0.3, -0.25) is 14.5 Å². The number of rotatable bonds is 7. The van der Waals surface area contributed by atoms with Crippen LogP contribution in [-0.4, -0.2) is 41.5 Å². The first-order valence-corrected chi connectivity index (χ1v) is 5.99. The number of halogens is 1. The summed E-state index contributed by atoms with van der Waals surface area (Å²) >= 11 is 5.80. The van der Waals surface area contributed by atoms with Gasteiger partial charge in [0.05, 0.1) is 13.1 Å². The van der Waals surface area contributed by atoms with Crippen molar-refractivity contribution in [2.45, 2.75) is 0 Å². The molecule has 1 amide bonds. The average Bonchev–Trinajstić information content (AvgIpc) is 2.27. The molecule has 0 aliphatic heterocycles. The van der Waals surface area contributed by atoms with Crippen LogP contribution >= 0.6 is 11.6 Å². The van der Waals surface area contributed by atoms with E-state index in [0.717, 1.165) is 0 Å². The van der Waals surface area contributed by atoms with E-state index < -0.39 is 5.97 Å². The van der Waals surface area contributed by atoms with Gasteiger partial charge in [0.1, 0.15) is 0 Å². The van der Waals surface area contributed by atoms with Crippen LogP contribution in [-0.2, 0) is 9.59 Å². The Labute approximate surface area is 116 Å². The van der Waals surface area contributed by atoms with E-state index >= 15 is 0 Å². The second kappa shape index (κ2) is 7.56. The van der Waals surface area contributed by atoms with E-state index in [1.165, 1.54) is 4.90 Å². The topological polar surface area (TPSA) is 69.6 Å². The zero-order valence-electron chi connectivity index (χ0n) is 10.3. The molecule has 0 spiro atoms. The molecule has 6 heteroatoms. The van der Waals surface area contributed by atoms with Crippen molar-refractivity contribution < 1.29 is 14.7 Å². The molecular formula is C13H15ClN2O3. The van der Waals surface area contributed by atoms with Crippen LogP contribution in [0.4, 0.5) is 5.69 Å². The van der Waals surface area contributed by atoms with Gasteiger partial charge < -0.3 is 10.4 Å². The van der Waals surface area contributed by atoms with Gasteiger partial charge in [-0.25, -0.2) is 0 Å². The maximum absolute atomic E-state index is 11.8. The first kappa shape index (κ1) is 15.2. The Morgan fingerprint density at radius 3 is 2.74 bits per heavy atom. The Balaban J connectivity index is 2.57. The summed E-state index contributed by atoms with van der Waals surface area (Å²) in [4.78, 5) is 23.9. The van der Waals surface area contributed by atoms with Crippen molar-refractivity contribution in [2.24, 2.45) is 0 Å². The van der Waals surface area contributed by atoms with Crippen LogP contribution in [0.15, 0.2) is 36.9 Å². The molecule has 1 rings (SSSR count). The molecule has 19 heavy (non-hydrogen) atoms. The second-order valence-corrected chi connectivity index (χ2v) is 4.35. The lowest BCUT2D eigenvalue weighted by atomic mass is 10.3. The van der Waals surface area contributed by atoms with Gasteiger partial charge in [0, 0.05) is 17.3 Å². The summed E-state index contributed by atoms with van der Waals surface area (Å²) in [6, 6.07) is 6.75. The van der Waals surface area contributed by atoms with Gasteiger partial charge in [-0.1, -0.05) is 23.7 Å². The summed E-state index contributed by atoms with van der Waals surface area (Å²) in [6.07, 6.45) is 1.55. The summed E-state index contributed by atoms with van der Waals surface area (Å²) in [7, 11) is 0. The number of carbonyl (C=O) groups excluding carboxylic acids is 1. The number of amides is 1. The molecule has 0 atom stereocenters. The van der Waals surface area contributed by atoms with Crippen molar-refractivity contribution in [3.8, 4) is 0 Å². The maximum Gasteiger partial charge on any atom is 0.317 e. The van der Waals surface area contributed by atoms with Gasteiger partial charge in [0.15, 0.2) is 0 Å². The summed E-state index contributed by atoms with van der Waals surface area (Å²) in [5.74, 6) is -1.29. The predicted octanol–water partition coefficient (Wildman–Crippen LogP) is 1.85. The average molecular weight is 283 g/mol. The number of anilines is 1. The molecule has 0 heterocycles. The van der Waals surface area contributed by atoms with Crippen LogP contribution in [0.2, 0.25) is 5.02 Å². The van der Waals surface area contributed by atoms with Crippen molar-refractivity contribution in [3.63, 3.8) is 0 Å². The monoisotopic (exact) mass is 282 g/mol. The van der Waals surface area contributed by atoms with Crippen molar-refractivity contribution in [2.75, 3.05) is 25.0 Å². The Morgan fingerprint density at radius 2 is 2.16 bits per heavy atom. The van der Waals surface area contributed by atoms with E-state index in [1.54, 1.807) is 30.3 Å². The number of benzene rings is 1. The number of nitrogens with zero attached hydrogens (tertiary/aromatic N) is 1. The van der Waals surface area contributed by atoms with Crippen LogP contribution < -0.4 is 5.32 Å². The molecule has 0 bridgehead atoms. The Morgan fingerprint density at radius 1 is 1.42 bits per heavy atom. The second-order valence-electron chi connectivity index (χ2n) is 3.91. The van der Waals surface area contributed by atoms with Gasteiger partial charge in [-0.05, 0) is 18.2 Å². The molecule has 0 fully saturated rings. The van der Waals surface area contributed by atoms with Crippen molar-refractivity contribution in [1.82, 2.24) is 4.90 Å². The van der Waals surface area contributed by atoms with Gasteiger partial charge in [0.2, 0.25) is 5.91 Å². The highest BCUT2D eigenvalue weighted by Gasteiger charge is 2.12. The van der Waals surface area contributed by atoms with Gasteiger partial charge in [-0.15, -0.1) is 6.58 Å². The van der Waals surface area contributed by atoms with E-state index in [9.17, 15) is 9.59 Å². The molecule has 0 aromatic heterocycles. The normalized spacial score (nSPS) is 10.2. The molecule has 0 aliphatic carbocycles. The maximum atomic E-state index is 11.8. The largest absolute Gasteiger partial charge is 0.480 e. The highest BCUT2D eigenvalue weighted by atomic mass is 35.5. The molecule has 2 N–H and O–H groups in total. The summed E-state index contributed by atoms with van der Waals surface area (Å²) in [6.45, 7) is 3.62. The van der Waals surface area contributed by atoms with Crippen LogP contribution in [0.25, 0.3) is 0 Å². The Kier molecular flexibility index (Phi) is 6.05. The molecular weight excluding hydrogens is 268 g/mol. The smallest absolute Gasteiger partial charge is 0.317 e. The quantitative estimate of drug-likeness (QED) is 0.749. The van der Waals surface area contributed by atoms with E-state index in [0.29, 0.717) is 17.3 Å². The van der Waals surface area contributed by atoms with E-state index in [2.05, 4.69) is 11.9 Å². The van der Waals surface area contributed by atoms with E-state index in [1.807, 2.05) is 0 Å². The minimum absolute atomic E-state index is 0.0230. The zero-order valence-corrected chi connectivity index (χ0v) is 11.1. The van der Waals surface area contributed by atoms with Crippen molar-refractivity contribution in [1.29, 1.82) is 0 Å². The first-order chi connectivity index (χ1) is 9.01. The lowest BCUT2D eigenvalue weighted by Crippen LogP contribution is -2.37. The Bertz CT molecular complexity index is 477. The SMILES string of the molecule is C=CCN(CC(=O)O)CC(=O)Nc1cccc(Cl)c1. The highest BCUT2D eigenvalue weighted by molar-refractivity contribution is 6.30. The molecule has 0 aliphatic rings. The third-order valence-electron chi connectivity index (χ3n) is 2.22. The number of carbonyl (C=O) groups is 2. The number of hydrogen-bond acceptors (Lipinski definition) is 3. The summed E-state index contributed by atoms with van der Waals surface area (Å²) in [5.41, 5.74) is 0.575.